The highest BCUT2D eigenvalue weighted by Gasteiger charge is 2.23. The van der Waals surface area contributed by atoms with E-state index >= 15 is 0 Å². The van der Waals surface area contributed by atoms with Crippen LogP contribution in [0.15, 0.2) is 109 Å². The van der Waals surface area contributed by atoms with Crippen molar-refractivity contribution >= 4 is 49.9 Å². The number of hydrogen-bond acceptors (Lipinski definition) is 5. The third-order valence-corrected chi connectivity index (χ3v) is 6.84. The minimum atomic E-state index is 0.00714. The molecule has 0 aliphatic rings. The van der Waals surface area contributed by atoms with Crippen molar-refractivity contribution in [2.24, 2.45) is 0 Å². The van der Waals surface area contributed by atoms with Crippen LogP contribution in [-0.2, 0) is 0 Å². The first-order valence-corrected chi connectivity index (χ1v) is 12.8. The molecule has 1 aromatic heterocycles. The molecule has 0 spiro atoms. The molecule has 0 saturated heterocycles. The molecule has 1 heterocycles. The number of hydrogen-bond donors (Lipinski definition) is 3. The second-order valence-electron chi connectivity index (χ2n) is 9.22. The molecule has 0 radical (unpaired) electrons. The zero-order chi connectivity index (χ0) is 25.9. The maximum atomic E-state index is 9.62. The molecular weight excluding hydrogens is 472 g/mol. The zero-order valence-electron chi connectivity index (χ0n) is 21.0. The van der Waals surface area contributed by atoms with Gasteiger partial charge < -0.3 is 20.4 Å². The zero-order valence-corrected chi connectivity index (χ0v) is 21.0. The van der Waals surface area contributed by atoms with Gasteiger partial charge in [0.15, 0.2) is 0 Å². The Morgan fingerprint density at radius 3 is 2.05 bits per heavy atom. The minimum absolute atomic E-state index is 0.00714. The molecule has 6 heteroatoms. The smallest absolute Gasteiger partial charge is 0.240 e. The average molecular weight is 502 g/mol. The molecule has 38 heavy (non-hydrogen) atoms. The van der Waals surface area contributed by atoms with Gasteiger partial charge in [0.05, 0.1) is 18.9 Å². The average Bonchev–Trinajstić information content (AvgIpc) is 2.97. The summed E-state index contributed by atoms with van der Waals surface area (Å²) in [5, 5.41) is 25.0. The van der Waals surface area contributed by atoms with E-state index in [1.807, 2.05) is 53.4 Å². The molecular formula is C32H29N4O2+. The van der Waals surface area contributed by atoms with Gasteiger partial charge in [0, 0.05) is 59.5 Å². The van der Waals surface area contributed by atoms with Crippen molar-refractivity contribution in [1.82, 2.24) is 4.98 Å². The summed E-state index contributed by atoms with van der Waals surface area (Å²) in [5.41, 5.74) is 7.69. The van der Waals surface area contributed by atoms with Crippen molar-refractivity contribution in [3.63, 3.8) is 0 Å². The molecule has 0 aliphatic carbocycles. The van der Waals surface area contributed by atoms with Gasteiger partial charge in [0.2, 0.25) is 16.7 Å². The van der Waals surface area contributed by atoms with Gasteiger partial charge in [-0.3, -0.25) is 0 Å². The summed E-state index contributed by atoms with van der Waals surface area (Å²) in [6.07, 6.45) is 0. The molecule has 6 nitrogen and oxygen atoms in total. The van der Waals surface area contributed by atoms with Crippen molar-refractivity contribution in [3.8, 4) is 5.69 Å². The van der Waals surface area contributed by atoms with E-state index in [2.05, 4.69) is 70.5 Å². The van der Waals surface area contributed by atoms with E-state index in [1.54, 1.807) is 0 Å². The maximum Gasteiger partial charge on any atom is 0.240 e. The standard InChI is InChI=1S/C32H28N4O2/c37-19-17-35(18-20-38)25-15-16-28-30(21-25)36(24-11-5-2-6-12-24)31-22-29(33-23-9-3-1-4-10-23)26-13-7-8-14-27(26)32(31)34-28/h1-16,21-22,37-38H,17-20H2/p+1. The van der Waals surface area contributed by atoms with Gasteiger partial charge >= 0.3 is 0 Å². The van der Waals surface area contributed by atoms with Crippen LogP contribution in [0, 0.1) is 0 Å². The molecule has 3 N–H and O–H groups in total. The molecule has 0 unspecified atom stereocenters. The van der Waals surface area contributed by atoms with Gasteiger partial charge in [-0.25, -0.2) is 4.98 Å². The minimum Gasteiger partial charge on any atom is -0.395 e. The quantitative estimate of drug-likeness (QED) is 0.149. The lowest BCUT2D eigenvalue weighted by Crippen LogP contribution is -2.34. The Kier molecular flexibility index (Phi) is 6.56. The first-order valence-electron chi connectivity index (χ1n) is 12.8. The molecule has 0 aliphatic heterocycles. The lowest BCUT2D eigenvalue weighted by Gasteiger charge is -2.22. The predicted octanol–water partition coefficient (Wildman–Crippen LogP) is 5.35. The van der Waals surface area contributed by atoms with Crippen molar-refractivity contribution in [1.29, 1.82) is 0 Å². The van der Waals surface area contributed by atoms with E-state index in [-0.39, 0.29) is 13.2 Å². The van der Waals surface area contributed by atoms with E-state index < -0.39 is 0 Å². The summed E-state index contributed by atoms with van der Waals surface area (Å²) >= 11 is 0. The van der Waals surface area contributed by atoms with Crippen molar-refractivity contribution < 1.29 is 14.8 Å². The molecule has 5 aromatic carbocycles. The van der Waals surface area contributed by atoms with E-state index in [0.717, 1.165) is 55.6 Å². The van der Waals surface area contributed by atoms with Crippen LogP contribution in [-0.4, -0.2) is 41.5 Å². The number of fused-ring (bicyclic) bond motifs is 4. The molecule has 188 valence electrons. The first kappa shape index (κ1) is 23.9. The van der Waals surface area contributed by atoms with Crippen LogP contribution < -0.4 is 14.8 Å². The fourth-order valence-corrected chi connectivity index (χ4v) is 5.11. The summed E-state index contributed by atoms with van der Waals surface area (Å²) < 4.78 is 2.25. The van der Waals surface area contributed by atoms with Crippen LogP contribution in [0.25, 0.3) is 38.5 Å². The normalized spacial score (nSPS) is 11.3. The lowest BCUT2D eigenvalue weighted by molar-refractivity contribution is -0.538. The molecule has 0 saturated carbocycles. The van der Waals surface area contributed by atoms with E-state index in [1.165, 1.54) is 0 Å². The Morgan fingerprint density at radius 2 is 1.34 bits per heavy atom. The molecule has 0 amide bonds. The summed E-state index contributed by atoms with van der Waals surface area (Å²) in [4.78, 5) is 7.15. The number of rotatable bonds is 8. The fourth-order valence-electron chi connectivity index (χ4n) is 5.11. The Bertz CT molecular complexity index is 1720. The van der Waals surface area contributed by atoms with Crippen LogP contribution in [0.3, 0.4) is 0 Å². The number of benzene rings is 5. The maximum absolute atomic E-state index is 9.62. The highest BCUT2D eigenvalue weighted by molar-refractivity contribution is 6.11. The predicted molar refractivity (Wildman–Crippen MR) is 154 cm³/mol. The highest BCUT2D eigenvalue weighted by atomic mass is 16.3. The molecule has 0 bridgehead atoms. The van der Waals surface area contributed by atoms with E-state index in [9.17, 15) is 10.2 Å². The summed E-state index contributed by atoms with van der Waals surface area (Å²) in [5.74, 6) is 0. The van der Waals surface area contributed by atoms with Crippen molar-refractivity contribution in [3.05, 3.63) is 109 Å². The third kappa shape index (κ3) is 4.41. The Hall–Kier alpha value is -4.52. The number of para-hydroxylation sites is 2. The number of aliphatic hydroxyl groups is 2. The highest BCUT2D eigenvalue weighted by Crippen LogP contribution is 2.33. The van der Waals surface area contributed by atoms with E-state index in [4.69, 9.17) is 4.98 Å². The monoisotopic (exact) mass is 501 g/mol. The van der Waals surface area contributed by atoms with E-state index in [0.29, 0.717) is 13.1 Å². The van der Waals surface area contributed by atoms with Crippen molar-refractivity contribution in [2.45, 2.75) is 0 Å². The molecule has 0 atom stereocenters. The van der Waals surface area contributed by atoms with Crippen LogP contribution in [0.5, 0.6) is 0 Å². The summed E-state index contributed by atoms with van der Waals surface area (Å²) in [7, 11) is 0. The summed E-state index contributed by atoms with van der Waals surface area (Å²) in [6.45, 7) is 0.892. The number of nitrogens with zero attached hydrogens (tertiary/aromatic N) is 3. The van der Waals surface area contributed by atoms with Gasteiger partial charge in [-0.15, -0.1) is 4.57 Å². The number of anilines is 3. The number of aromatic nitrogens is 2. The first-order chi connectivity index (χ1) is 18.8. The van der Waals surface area contributed by atoms with Crippen LogP contribution in [0.1, 0.15) is 0 Å². The SMILES string of the molecule is OCCN(CCO)c1ccc2nc3c4ccccc4c(Nc4ccccc4)cc3[n+](-c3ccccc3)c2c1. The molecule has 6 aromatic rings. The third-order valence-electron chi connectivity index (χ3n) is 6.84. The fraction of sp³-hybridized carbons (Fsp3) is 0.125. The van der Waals surface area contributed by atoms with Gasteiger partial charge in [0.1, 0.15) is 11.0 Å². The Labute approximate surface area is 221 Å². The van der Waals surface area contributed by atoms with Crippen molar-refractivity contribution in [2.75, 3.05) is 36.5 Å². The van der Waals surface area contributed by atoms with Crippen LogP contribution >= 0.6 is 0 Å². The largest absolute Gasteiger partial charge is 0.395 e. The summed E-state index contributed by atoms with van der Waals surface area (Å²) in [6, 6.07) is 37.2. The molecule has 0 fully saturated rings. The Balaban J connectivity index is 1.68. The Morgan fingerprint density at radius 1 is 0.684 bits per heavy atom. The second-order valence-corrected chi connectivity index (χ2v) is 9.22. The number of nitrogens with one attached hydrogen (secondary N) is 1. The molecule has 6 rings (SSSR count). The number of aliphatic hydroxyl groups excluding tert-OH is 2. The van der Waals surface area contributed by atoms with Gasteiger partial charge in [-0.05, 0) is 24.3 Å². The second kappa shape index (κ2) is 10.5. The lowest BCUT2D eigenvalue weighted by atomic mass is 10.0. The van der Waals surface area contributed by atoms with Crippen LogP contribution in [0.4, 0.5) is 17.1 Å². The van der Waals surface area contributed by atoms with Gasteiger partial charge in [0.25, 0.3) is 0 Å². The van der Waals surface area contributed by atoms with Gasteiger partial charge in [-0.2, -0.15) is 0 Å². The van der Waals surface area contributed by atoms with Crippen LogP contribution in [0.2, 0.25) is 0 Å². The van der Waals surface area contributed by atoms with Gasteiger partial charge in [-0.1, -0.05) is 60.7 Å². The topological polar surface area (TPSA) is 72.5 Å².